The molecule has 0 spiro atoms. The minimum absolute atomic E-state index is 0.306. The lowest BCUT2D eigenvalue weighted by atomic mass is 9.79. The minimum Gasteiger partial charge on any atom is -0.338 e. The number of hydrogen-bond donors (Lipinski definition) is 0. The number of likely N-dealkylation sites (tertiary alicyclic amines) is 1. The summed E-state index contributed by atoms with van der Waals surface area (Å²) < 4.78 is 2.10. The summed E-state index contributed by atoms with van der Waals surface area (Å²) in [7, 11) is 2.06. The summed E-state index contributed by atoms with van der Waals surface area (Å²) in [6.07, 6.45) is 12.9. The number of hydrogen-bond acceptors (Lipinski definition) is 3. The third-order valence-electron chi connectivity index (χ3n) is 5.27. The van der Waals surface area contributed by atoms with Crippen LogP contribution < -0.4 is 0 Å². The highest BCUT2D eigenvalue weighted by Gasteiger charge is 2.35. The van der Waals surface area contributed by atoms with Crippen LogP contribution in [-0.2, 0) is 18.3 Å². The van der Waals surface area contributed by atoms with Gasteiger partial charge in [-0.25, -0.2) is 4.98 Å². The lowest BCUT2D eigenvalue weighted by Crippen LogP contribution is -2.48. The molecule has 0 radical (unpaired) electrons. The molecule has 3 rings (SSSR count). The van der Waals surface area contributed by atoms with E-state index in [1.807, 2.05) is 12.4 Å². The first-order valence-electron chi connectivity index (χ1n) is 8.48. The molecule has 0 N–H and O–H groups in total. The van der Waals surface area contributed by atoms with Crippen LogP contribution in [0.1, 0.15) is 50.8 Å². The maximum Gasteiger partial charge on any atom is 0.137 e. The van der Waals surface area contributed by atoms with Crippen molar-refractivity contribution in [3.05, 3.63) is 18.2 Å². The van der Waals surface area contributed by atoms with E-state index >= 15 is 0 Å². The molecule has 2 unspecified atom stereocenters. The van der Waals surface area contributed by atoms with Gasteiger partial charge in [-0.15, -0.1) is 0 Å². The summed E-state index contributed by atoms with van der Waals surface area (Å²) in [5.41, 5.74) is 0. The van der Waals surface area contributed by atoms with Gasteiger partial charge in [0.25, 0.3) is 0 Å². The molecule has 4 nitrogen and oxygen atoms in total. The molecule has 0 amide bonds. The van der Waals surface area contributed by atoms with Crippen LogP contribution in [0.25, 0.3) is 0 Å². The van der Waals surface area contributed by atoms with Crippen molar-refractivity contribution in [2.75, 3.05) is 13.1 Å². The number of carbonyl (C=O) groups is 1. The molecule has 1 aromatic heterocycles. The highest BCUT2D eigenvalue weighted by molar-refractivity contribution is 5.82. The van der Waals surface area contributed by atoms with Crippen LogP contribution in [0.4, 0.5) is 0 Å². The Balaban J connectivity index is 1.63. The van der Waals surface area contributed by atoms with Gasteiger partial charge in [0.2, 0.25) is 0 Å². The van der Waals surface area contributed by atoms with E-state index in [1.54, 1.807) is 0 Å². The normalized spacial score (nSPS) is 28.0. The van der Waals surface area contributed by atoms with Gasteiger partial charge in [0, 0.05) is 50.8 Å². The van der Waals surface area contributed by atoms with Crippen LogP contribution in [-0.4, -0.2) is 39.4 Å². The van der Waals surface area contributed by atoms with Gasteiger partial charge >= 0.3 is 0 Å². The van der Waals surface area contributed by atoms with E-state index in [9.17, 15) is 4.79 Å². The molecule has 0 bridgehead atoms. The number of Topliss-reactive ketones (excluding diaryl/α,β-unsaturated/α-hetero) is 1. The molecule has 21 heavy (non-hydrogen) atoms. The van der Waals surface area contributed by atoms with E-state index in [-0.39, 0.29) is 0 Å². The third-order valence-corrected chi connectivity index (χ3v) is 5.27. The number of aromatic nitrogens is 2. The van der Waals surface area contributed by atoms with E-state index in [2.05, 4.69) is 21.5 Å². The average Bonchev–Trinajstić information content (AvgIpc) is 2.91. The summed E-state index contributed by atoms with van der Waals surface area (Å²) in [4.78, 5) is 19.3. The number of piperidine rings is 1. The molecule has 2 aliphatic rings. The Bertz CT molecular complexity index is 482. The summed E-state index contributed by atoms with van der Waals surface area (Å²) >= 11 is 0. The number of aryl methyl sites for hydroxylation is 1. The van der Waals surface area contributed by atoms with Crippen molar-refractivity contribution < 1.29 is 4.79 Å². The molecule has 1 saturated heterocycles. The van der Waals surface area contributed by atoms with Gasteiger partial charge in [0.15, 0.2) is 0 Å². The van der Waals surface area contributed by atoms with Crippen LogP contribution in [0.5, 0.6) is 0 Å². The first-order valence-corrected chi connectivity index (χ1v) is 8.48. The van der Waals surface area contributed by atoms with E-state index < -0.39 is 0 Å². The Morgan fingerprint density at radius 3 is 2.86 bits per heavy atom. The van der Waals surface area contributed by atoms with Gasteiger partial charge in [-0.3, -0.25) is 9.69 Å². The molecule has 4 heteroatoms. The van der Waals surface area contributed by atoms with Crippen molar-refractivity contribution in [3.63, 3.8) is 0 Å². The smallest absolute Gasteiger partial charge is 0.137 e. The van der Waals surface area contributed by atoms with Crippen molar-refractivity contribution in [1.82, 2.24) is 14.5 Å². The zero-order valence-electron chi connectivity index (χ0n) is 13.1. The second-order valence-corrected chi connectivity index (χ2v) is 6.62. The Morgan fingerprint density at radius 2 is 2.10 bits per heavy atom. The summed E-state index contributed by atoms with van der Waals surface area (Å²) in [6, 6.07) is 0.492. The first-order chi connectivity index (χ1) is 10.3. The lowest BCUT2D eigenvalue weighted by molar-refractivity contribution is -0.127. The number of nitrogens with zero attached hydrogens (tertiary/aromatic N) is 3. The van der Waals surface area contributed by atoms with E-state index in [1.165, 1.54) is 25.7 Å². The molecule has 1 aliphatic heterocycles. The summed E-state index contributed by atoms with van der Waals surface area (Å²) in [6.45, 7) is 2.19. The molecule has 116 valence electrons. The molecule has 0 aromatic carbocycles. The van der Waals surface area contributed by atoms with Crippen molar-refractivity contribution in [2.24, 2.45) is 13.0 Å². The molecular weight excluding hydrogens is 262 g/mol. The van der Waals surface area contributed by atoms with Crippen molar-refractivity contribution in [3.8, 4) is 0 Å². The molecule has 1 aliphatic carbocycles. The van der Waals surface area contributed by atoms with Crippen LogP contribution in [0.15, 0.2) is 12.4 Å². The summed E-state index contributed by atoms with van der Waals surface area (Å²) in [5, 5.41) is 0. The molecule has 2 fully saturated rings. The van der Waals surface area contributed by atoms with Gasteiger partial charge in [0.1, 0.15) is 11.6 Å². The molecular formula is C17H27N3O. The van der Waals surface area contributed by atoms with Crippen molar-refractivity contribution >= 4 is 5.78 Å². The monoisotopic (exact) mass is 289 g/mol. The minimum atomic E-state index is 0.306. The number of ketones is 1. The number of imidazole rings is 1. The Hall–Kier alpha value is -1.16. The van der Waals surface area contributed by atoms with Gasteiger partial charge in [-0.05, 0) is 32.2 Å². The zero-order valence-corrected chi connectivity index (χ0v) is 13.1. The van der Waals surface area contributed by atoms with E-state index in [0.717, 1.165) is 44.6 Å². The largest absolute Gasteiger partial charge is 0.338 e. The Kier molecular flexibility index (Phi) is 4.73. The predicted molar refractivity (Wildman–Crippen MR) is 83.1 cm³/mol. The summed E-state index contributed by atoms with van der Waals surface area (Å²) in [5.74, 6) is 1.98. The quantitative estimate of drug-likeness (QED) is 0.855. The zero-order chi connectivity index (χ0) is 14.7. The third kappa shape index (κ3) is 3.37. The van der Waals surface area contributed by atoms with Gasteiger partial charge < -0.3 is 4.57 Å². The van der Waals surface area contributed by atoms with Gasteiger partial charge in [-0.1, -0.05) is 12.8 Å². The first kappa shape index (κ1) is 14.8. The fourth-order valence-electron chi connectivity index (χ4n) is 4.05. The topological polar surface area (TPSA) is 38.1 Å². The van der Waals surface area contributed by atoms with Crippen LogP contribution in [0.2, 0.25) is 0 Å². The maximum atomic E-state index is 12.3. The molecule has 2 heterocycles. The molecule has 1 saturated carbocycles. The second kappa shape index (κ2) is 6.73. The highest BCUT2D eigenvalue weighted by Crippen LogP contribution is 2.31. The Labute approximate surface area is 127 Å². The van der Waals surface area contributed by atoms with Crippen LogP contribution >= 0.6 is 0 Å². The highest BCUT2D eigenvalue weighted by atomic mass is 16.1. The van der Waals surface area contributed by atoms with Crippen molar-refractivity contribution in [2.45, 2.75) is 57.4 Å². The predicted octanol–water partition coefficient (Wildman–Crippen LogP) is 2.58. The number of carbonyl (C=O) groups excluding carboxylic acids is 1. The Morgan fingerprint density at radius 1 is 1.24 bits per heavy atom. The molecule has 1 aromatic rings. The van der Waals surface area contributed by atoms with E-state index in [0.29, 0.717) is 17.7 Å². The van der Waals surface area contributed by atoms with Gasteiger partial charge in [-0.2, -0.15) is 0 Å². The standard InChI is InChI=1S/C17H27N3O/c1-19-13-10-18-17(19)9-12-20-11-5-4-7-15(20)14-6-2-3-8-16(14)21/h10,13-15H,2-9,11-12H2,1H3. The fourth-order valence-corrected chi connectivity index (χ4v) is 4.05. The SMILES string of the molecule is Cn1ccnc1CCN1CCCCC1C1CCCCC1=O. The maximum absolute atomic E-state index is 12.3. The average molecular weight is 289 g/mol. The van der Waals surface area contributed by atoms with Crippen molar-refractivity contribution in [1.29, 1.82) is 0 Å². The lowest BCUT2D eigenvalue weighted by Gasteiger charge is -2.41. The number of rotatable bonds is 4. The van der Waals surface area contributed by atoms with Crippen LogP contribution in [0.3, 0.4) is 0 Å². The fraction of sp³-hybridized carbons (Fsp3) is 0.765. The van der Waals surface area contributed by atoms with E-state index in [4.69, 9.17) is 0 Å². The van der Waals surface area contributed by atoms with Crippen LogP contribution in [0, 0.1) is 5.92 Å². The van der Waals surface area contributed by atoms with Gasteiger partial charge in [0.05, 0.1) is 0 Å². The molecule has 2 atom stereocenters. The second-order valence-electron chi connectivity index (χ2n) is 6.62.